The van der Waals surface area contributed by atoms with Crippen molar-refractivity contribution in [3.63, 3.8) is 0 Å². The standard InChI is InChI=1S/C21H24BNO6S/c24-22(25)21(12-16-13-29-20-9-4-3-8-18(16)20)23-30(26,27)14-15-6-1-2-7-17(15)19-10-5-11-28-19/h1-4,6-9,13,19,21,23-25H,5,10-12,14H2/t19?,21-/m0/s1. The number of furan rings is 1. The number of fused-ring (bicyclic) bond motifs is 1. The molecule has 1 unspecified atom stereocenters. The van der Waals surface area contributed by atoms with Crippen LogP contribution in [0.2, 0.25) is 0 Å². The van der Waals surface area contributed by atoms with Gasteiger partial charge in [0.05, 0.1) is 24.1 Å². The minimum Gasteiger partial charge on any atom is -0.464 e. The van der Waals surface area contributed by atoms with Gasteiger partial charge in [-0.25, -0.2) is 13.1 Å². The maximum atomic E-state index is 12.9. The molecule has 7 nitrogen and oxygen atoms in total. The van der Waals surface area contributed by atoms with Crippen molar-refractivity contribution in [2.24, 2.45) is 0 Å². The Morgan fingerprint density at radius 2 is 1.87 bits per heavy atom. The van der Waals surface area contributed by atoms with Crippen molar-refractivity contribution in [3.8, 4) is 0 Å². The van der Waals surface area contributed by atoms with E-state index in [0.717, 1.165) is 23.8 Å². The number of rotatable bonds is 8. The molecule has 1 aliphatic rings. The van der Waals surface area contributed by atoms with E-state index in [4.69, 9.17) is 9.15 Å². The van der Waals surface area contributed by atoms with Gasteiger partial charge in [0.1, 0.15) is 5.58 Å². The Hall–Kier alpha value is -2.17. The van der Waals surface area contributed by atoms with Gasteiger partial charge in [0.25, 0.3) is 0 Å². The molecule has 2 atom stereocenters. The average molecular weight is 429 g/mol. The molecule has 0 bridgehead atoms. The summed E-state index contributed by atoms with van der Waals surface area (Å²) in [6.45, 7) is 0.668. The minimum atomic E-state index is -3.84. The van der Waals surface area contributed by atoms with Crippen LogP contribution in [0.4, 0.5) is 0 Å². The van der Waals surface area contributed by atoms with Crippen molar-refractivity contribution in [3.05, 3.63) is 71.5 Å². The third-order valence-electron chi connectivity index (χ3n) is 5.37. The van der Waals surface area contributed by atoms with Gasteiger partial charge < -0.3 is 19.2 Å². The molecule has 2 heterocycles. The summed E-state index contributed by atoms with van der Waals surface area (Å²) in [5.41, 5.74) is 2.87. The highest BCUT2D eigenvalue weighted by molar-refractivity contribution is 7.88. The van der Waals surface area contributed by atoms with Gasteiger partial charge in [0.15, 0.2) is 0 Å². The molecule has 0 aliphatic carbocycles. The third kappa shape index (κ3) is 4.76. The van der Waals surface area contributed by atoms with Gasteiger partial charge >= 0.3 is 7.12 Å². The second-order valence-electron chi connectivity index (χ2n) is 7.56. The zero-order chi connectivity index (χ0) is 21.1. The van der Waals surface area contributed by atoms with Crippen LogP contribution in [0.25, 0.3) is 11.0 Å². The van der Waals surface area contributed by atoms with Gasteiger partial charge in [-0.05, 0) is 42.0 Å². The van der Waals surface area contributed by atoms with Crippen LogP contribution in [0.1, 0.15) is 35.6 Å². The SMILES string of the molecule is O=S(=O)(Cc1ccccc1C1CCCO1)N[C@@H](Cc1coc2ccccc12)B(O)O. The van der Waals surface area contributed by atoms with Crippen LogP contribution in [-0.4, -0.2) is 38.1 Å². The molecule has 0 radical (unpaired) electrons. The van der Waals surface area contributed by atoms with Gasteiger partial charge in [-0.1, -0.05) is 42.5 Å². The van der Waals surface area contributed by atoms with E-state index in [9.17, 15) is 18.5 Å². The van der Waals surface area contributed by atoms with Crippen molar-refractivity contribution in [1.82, 2.24) is 4.72 Å². The van der Waals surface area contributed by atoms with Gasteiger partial charge in [-0.2, -0.15) is 0 Å². The molecule has 2 aromatic carbocycles. The maximum Gasteiger partial charge on any atom is 0.471 e. The molecule has 1 saturated heterocycles. The number of sulfonamides is 1. The lowest BCUT2D eigenvalue weighted by atomic mass is 9.77. The molecule has 1 aliphatic heterocycles. The number of hydrogen-bond acceptors (Lipinski definition) is 6. The molecule has 3 N–H and O–H groups in total. The highest BCUT2D eigenvalue weighted by Gasteiger charge is 2.30. The first-order valence-electron chi connectivity index (χ1n) is 9.93. The second kappa shape index (κ2) is 8.91. The first kappa shape index (κ1) is 21.1. The summed E-state index contributed by atoms with van der Waals surface area (Å²) in [4.78, 5) is 0. The summed E-state index contributed by atoms with van der Waals surface area (Å²) < 4.78 is 39.4. The van der Waals surface area contributed by atoms with E-state index in [1.807, 2.05) is 30.3 Å². The van der Waals surface area contributed by atoms with E-state index in [1.54, 1.807) is 18.2 Å². The van der Waals surface area contributed by atoms with E-state index in [-0.39, 0.29) is 18.3 Å². The number of para-hydroxylation sites is 1. The Morgan fingerprint density at radius 1 is 1.10 bits per heavy atom. The third-order valence-corrected chi connectivity index (χ3v) is 6.72. The van der Waals surface area contributed by atoms with Crippen LogP contribution >= 0.6 is 0 Å². The normalized spacial score (nSPS) is 18.0. The van der Waals surface area contributed by atoms with E-state index < -0.39 is 23.1 Å². The van der Waals surface area contributed by atoms with Crippen molar-refractivity contribution < 1.29 is 27.6 Å². The van der Waals surface area contributed by atoms with E-state index in [1.165, 1.54) is 6.26 Å². The lowest BCUT2D eigenvalue weighted by Crippen LogP contribution is -2.48. The van der Waals surface area contributed by atoms with Crippen molar-refractivity contribution in [2.45, 2.75) is 37.1 Å². The van der Waals surface area contributed by atoms with Crippen LogP contribution in [0.3, 0.4) is 0 Å². The van der Waals surface area contributed by atoms with Crippen LogP contribution in [0.5, 0.6) is 0 Å². The monoisotopic (exact) mass is 429 g/mol. The number of hydrogen-bond donors (Lipinski definition) is 3. The van der Waals surface area contributed by atoms with Crippen LogP contribution in [-0.2, 0) is 26.9 Å². The van der Waals surface area contributed by atoms with E-state index in [0.29, 0.717) is 23.3 Å². The highest BCUT2D eigenvalue weighted by atomic mass is 32.2. The quantitative estimate of drug-likeness (QED) is 0.475. The first-order chi connectivity index (χ1) is 14.4. The van der Waals surface area contributed by atoms with Crippen LogP contribution < -0.4 is 4.72 Å². The van der Waals surface area contributed by atoms with Gasteiger partial charge in [-0.15, -0.1) is 0 Å². The lowest BCUT2D eigenvalue weighted by molar-refractivity contribution is 0.111. The summed E-state index contributed by atoms with van der Waals surface area (Å²) in [6.07, 6.45) is 3.30. The topological polar surface area (TPSA) is 109 Å². The number of benzene rings is 2. The molecular formula is C21H24BNO6S. The summed E-state index contributed by atoms with van der Waals surface area (Å²) in [7, 11) is -5.70. The van der Waals surface area contributed by atoms with Crippen molar-refractivity contribution in [1.29, 1.82) is 0 Å². The summed E-state index contributed by atoms with van der Waals surface area (Å²) in [5.74, 6) is -1.37. The predicted octanol–water partition coefficient (Wildman–Crippen LogP) is 2.33. The molecule has 1 aromatic heterocycles. The molecular weight excluding hydrogens is 405 g/mol. The van der Waals surface area contributed by atoms with Crippen LogP contribution in [0.15, 0.2) is 59.2 Å². The minimum absolute atomic E-state index is 0.0846. The van der Waals surface area contributed by atoms with E-state index >= 15 is 0 Å². The molecule has 4 rings (SSSR count). The zero-order valence-electron chi connectivity index (χ0n) is 16.4. The molecule has 158 valence electrons. The van der Waals surface area contributed by atoms with Crippen molar-refractivity contribution in [2.75, 3.05) is 6.61 Å². The number of ether oxygens (including phenoxy) is 1. The Bertz CT molecular complexity index is 1110. The molecule has 0 saturated carbocycles. The lowest BCUT2D eigenvalue weighted by Gasteiger charge is -2.19. The molecule has 1 fully saturated rings. The molecule has 3 aromatic rings. The smallest absolute Gasteiger partial charge is 0.464 e. The Kier molecular flexibility index (Phi) is 6.26. The van der Waals surface area contributed by atoms with Crippen LogP contribution in [0, 0.1) is 0 Å². The predicted molar refractivity (Wildman–Crippen MR) is 114 cm³/mol. The summed E-state index contributed by atoms with van der Waals surface area (Å²) in [5, 5.41) is 20.4. The fourth-order valence-corrected chi connectivity index (χ4v) is 5.34. The Morgan fingerprint density at radius 3 is 2.63 bits per heavy atom. The zero-order valence-corrected chi connectivity index (χ0v) is 17.2. The molecule has 30 heavy (non-hydrogen) atoms. The summed E-state index contributed by atoms with van der Waals surface area (Å²) in [6, 6.07) is 14.6. The van der Waals surface area contributed by atoms with Gasteiger partial charge in [0, 0.05) is 12.0 Å². The average Bonchev–Trinajstić information content (AvgIpc) is 3.38. The van der Waals surface area contributed by atoms with Crippen molar-refractivity contribution >= 4 is 28.1 Å². The maximum absolute atomic E-state index is 12.9. The molecule has 0 amide bonds. The van der Waals surface area contributed by atoms with Gasteiger partial charge in [0.2, 0.25) is 10.0 Å². The van der Waals surface area contributed by atoms with E-state index in [2.05, 4.69) is 4.72 Å². The fourth-order valence-electron chi connectivity index (χ4n) is 3.92. The second-order valence-corrected chi connectivity index (χ2v) is 9.31. The van der Waals surface area contributed by atoms with Gasteiger partial charge in [-0.3, -0.25) is 0 Å². The number of nitrogens with one attached hydrogen (secondary N) is 1. The fraction of sp³-hybridized carbons (Fsp3) is 0.333. The largest absolute Gasteiger partial charge is 0.471 e. The molecule has 9 heteroatoms. The summed E-state index contributed by atoms with van der Waals surface area (Å²) >= 11 is 0. The Balaban J connectivity index is 1.52. The molecule has 0 spiro atoms. The highest BCUT2D eigenvalue weighted by Crippen LogP contribution is 2.31. The Labute approximate surface area is 175 Å². The first-order valence-corrected chi connectivity index (χ1v) is 11.6.